The van der Waals surface area contributed by atoms with E-state index in [4.69, 9.17) is 5.26 Å². The second kappa shape index (κ2) is 7.04. The van der Waals surface area contributed by atoms with Gasteiger partial charge in [-0.25, -0.2) is 13.1 Å². The van der Waals surface area contributed by atoms with Crippen molar-refractivity contribution in [1.29, 1.82) is 5.26 Å². The predicted octanol–water partition coefficient (Wildman–Crippen LogP) is 1.63. The summed E-state index contributed by atoms with van der Waals surface area (Å²) in [6, 6.07) is 1.74. The quantitative estimate of drug-likeness (QED) is 0.725. The molecule has 6 nitrogen and oxygen atoms in total. The molecule has 1 aliphatic rings. The van der Waals surface area contributed by atoms with E-state index >= 15 is 0 Å². The van der Waals surface area contributed by atoms with Crippen LogP contribution in [0, 0.1) is 16.7 Å². The average Bonchev–Trinajstić information content (AvgIpc) is 2.64. The third-order valence-corrected chi connectivity index (χ3v) is 5.75. The standard InChI is InChI=1S/C13H22N2O4S/c1-2-11(9-14)20(18,19)15-10-13(12(16)17)7-5-3-4-6-8-13/h11,15H,2-8,10H2,1H3,(H,16,17). The van der Waals surface area contributed by atoms with Crippen molar-refractivity contribution in [2.24, 2.45) is 5.41 Å². The van der Waals surface area contributed by atoms with Crippen LogP contribution in [0.4, 0.5) is 0 Å². The third kappa shape index (κ3) is 3.93. The number of hydrogen-bond acceptors (Lipinski definition) is 4. The van der Waals surface area contributed by atoms with E-state index in [1.807, 2.05) is 0 Å². The lowest BCUT2D eigenvalue weighted by atomic mass is 9.80. The third-order valence-electron chi connectivity index (χ3n) is 4.02. The zero-order chi connectivity index (χ0) is 15.2. The summed E-state index contributed by atoms with van der Waals surface area (Å²) in [6.07, 6.45) is 4.70. The number of carboxylic acids is 1. The lowest BCUT2D eigenvalue weighted by molar-refractivity contribution is -0.149. The van der Waals surface area contributed by atoms with Crippen LogP contribution in [0.3, 0.4) is 0 Å². The lowest BCUT2D eigenvalue weighted by Crippen LogP contribution is -2.45. The monoisotopic (exact) mass is 302 g/mol. The van der Waals surface area contributed by atoms with Crippen LogP contribution in [-0.2, 0) is 14.8 Å². The van der Waals surface area contributed by atoms with Crippen LogP contribution in [0.5, 0.6) is 0 Å². The molecular formula is C13H22N2O4S. The first kappa shape index (κ1) is 16.9. The molecule has 7 heteroatoms. The average molecular weight is 302 g/mol. The van der Waals surface area contributed by atoms with Crippen molar-refractivity contribution < 1.29 is 18.3 Å². The molecule has 0 bridgehead atoms. The molecule has 20 heavy (non-hydrogen) atoms. The van der Waals surface area contributed by atoms with Gasteiger partial charge < -0.3 is 5.11 Å². The van der Waals surface area contributed by atoms with Crippen LogP contribution < -0.4 is 4.72 Å². The summed E-state index contributed by atoms with van der Waals surface area (Å²) in [5.74, 6) is -0.952. The van der Waals surface area contributed by atoms with Gasteiger partial charge in [-0.3, -0.25) is 4.79 Å². The molecule has 0 aromatic heterocycles. The molecule has 1 atom stereocenters. The number of hydrogen-bond donors (Lipinski definition) is 2. The number of sulfonamides is 1. The van der Waals surface area contributed by atoms with Gasteiger partial charge in [-0.1, -0.05) is 32.6 Å². The van der Waals surface area contributed by atoms with E-state index in [1.54, 1.807) is 13.0 Å². The summed E-state index contributed by atoms with van der Waals surface area (Å²) in [5, 5.41) is 17.2. The summed E-state index contributed by atoms with van der Waals surface area (Å²) in [6.45, 7) is 1.49. The van der Waals surface area contributed by atoms with Crippen LogP contribution in [0.2, 0.25) is 0 Å². The minimum Gasteiger partial charge on any atom is -0.481 e. The SMILES string of the molecule is CCC(C#N)S(=O)(=O)NCC1(C(=O)O)CCCCCC1. The lowest BCUT2D eigenvalue weighted by Gasteiger charge is -2.28. The number of aliphatic carboxylic acids is 1. The van der Waals surface area contributed by atoms with E-state index in [0.29, 0.717) is 12.8 Å². The smallest absolute Gasteiger partial charge is 0.310 e. The number of nitrogens with zero attached hydrogens (tertiary/aromatic N) is 1. The van der Waals surface area contributed by atoms with Crippen molar-refractivity contribution in [1.82, 2.24) is 4.72 Å². The van der Waals surface area contributed by atoms with Gasteiger partial charge in [-0.05, 0) is 19.3 Å². The Balaban J connectivity index is 2.82. The number of nitriles is 1. The van der Waals surface area contributed by atoms with Crippen molar-refractivity contribution in [2.75, 3.05) is 6.54 Å². The van der Waals surface area contributed by atoms with Crippen LogP contribution in [0.15, 0.2) is 0 Å². The van der Waals surface area contributed by atoms with Crippen molar-refractivity contribution in [3.63, 3.8) is 0 Å². The van der Waals surface area contributed by atoms with Crippen LogP contribution >= 0.6 is 0 Å². The van der Waals surface area contributed by atoms with E-state index in [2.05, 4.69) is 4.72 Å². The predicted molar refractivity (Wildman–Crippen MR) is 74.4 cm³/mol. The van der Waals surface area contributed by atoms with Crippen molar-refractivity contribution in [2.45, 2.75) is 57.1 Å². The first-order valence-corrected chi connectivity index (χ1v) is 8.54. The highest BCUT2D eigenvalue weighted by molar-refractivity contribution is 7.90. The zero-order valence-electron chi connectivity index (χ0n) is 11.8. The number of rotatable bonds is 6. The second-order valence-corrected chi connectivity index (χ2v) is 7.34. The molecule has 0 heterocycles. The summed E-state index contributed by atoms with van der Waals surface area (Å²) in [4.78, 5) is 11.6. The fourth-order valence-electron chi connectivity index (χ4n) is 2.59. The Morgan fingerprint density at radius 1 is 1.35 bits per heavy atom. The molecule has 0 aromatic rings. The Hall–Kier alpha value is -1.13. The molecule has 0 aromatic carbocycles. The highest BCUT2D eigenvalue weighted by atomic mass is 32.2. The van der Waals surface area contributed by atoms with Gasteiger partial charge in [0.1, 0.15) is 0 Å². The molecule has 0 spiro atoms. The molecular weight excluding hydrogens is 280 g/mol. The van der Waals surface area contributed by atoms with E-state index < -0.39 is 26.7 Å². The van der Waals surface area contributed by atoms with Crippen LogP contribution in [-0.4, -0.2) is 31.3 Å². The first-order valence-electron chi connectivity index (χ1n) is 6.99. The molecule has 1 aliphatic carbocycles. The largest absolute Gasteiger partial charge is 0.481 e. The maximum atomic E-state index is 12.0. The molecule has 1 fully saturated rings. The van der Waals surface area contributed by atoms with Gasteiger partial charge in [0, 0.05) is 6.54 Å². The minimum absolute atomic E-state index is 0.122. The van der Waals surface area contributed by atoms with Gasteiger partial charge in [0.15, 0.2) is 5.25 Å². The maximum absolute atomic E-state index is 12.0. The highest BCUT2D eigenvalue weighted by Crippen LogP contribution is 2.35. The summed E-state index contributed by atoms with van der Waals surface area (Å²) >= 11 is 0. The first-order chi connectivity index (χ1) is 9.38. The van der Waals surface area contributed by atoms with Gasteiger partial charge in [0.25, 0.3) is 0 Å². The van der Waals surface area contributed by atoms with Crippen molar-refractivity contribution in [3.8, 4) is 6.07 Å². The zero-order valence-corrected chi connectivity index (χ0v) is 12.6. The molecule has 1 rings (SSSR count). The Morgan fingerprint density at radius 3 is 2.30 bits per heavy atom. The van der Waals surface area contributed by atoms with E-state index in [0.717, 1.165) is 25.7 Å². The minimum atomic E-state index is -3.78. The van der Waals surface area contributed by atoms with Crippen molar-refractivity contribution in [3.05, 3.63) is 0 Å². The maximum Gasteiger partial charge on any atom is 0.310 e. The van der Waals surface area contributed by atoms with Gasteiger partial charge in [0.05, 0.1) is 11.5 Å². The fraction of sp³-hybridized carbons (Fsp3) is 0.846. The van der Waals surface area contributed by atoms with Gasteiger partial charge >= 0.3 is 5.97 Å². The molecule has 114 valence electrons. The summed E-state index contributed by atoms with van der Waals surface area (Å²) in [7, 11) is -3.78. The number of carboxylic acid groups (broad SMARTS) is 1. The van der Waals surface area contributed by atoms with E-state index in [1.165, 1.54) is 0 Å². The van der Waals surface area contributed by atoms with Crippen LogP contribution in [0.25, 0.3) is 0 Å². The topological polar surface area (TPSA) is 107 Å². The van der Waals surface area contributed by atoms with E-state index in [-0.39, 0.29) is 13.0 Å². The molecule has 0 amide bonds. The Bertz CT molecular complexity index is 473. The molecule has 1 unspecified atom stereocenters. The highest BCUT2D eigenvalue weighted by Gasteiger charge is 2.40. The van der Waals surface area contributed by atoms with Gasteiger partial charge in [-0.2, -0.15) is 5.26 Å². The normalized spacial score (nSPS) is 20.6. The molecule has 1 saturated carbocycles. The van der Waals surface area contributed by atoms with Crippen molar-refractivity contribution >= 4 is 16.0 Å². The second-order valence-electron chi connectivity index (χ2n) is 5.39. The summed E-state index contributed by atoms with van der Waals surface area (Å²) in [5.41, 5.74) is -1.03. The Labute approximate surface area is 120 Å². The molecule has 0 aliphatic heterocycles. The van der Waals surface area contributed by atoms with Gasteiger partial charge in [0.2, 0.25) is 10.0 Å². The fourth-order valence-corrected chi connectivity index (χ4v) is 3.85. The molecule has 0 saturated heterocycles. The van der Waals surface area contributed by atoms with Gasteiger partial charge in [-0.15, -0.1) is 0 Å². The Kier molecular flexibility index (Phi) is 5.96. The number of carbonyl (C=O) groups is 1. The number of nitrogens with one attached hydrogen (secondary N) is 1. The Morgan fingerprint density at radius 2 is 1.90 bits per heavy atom. The summed E-state index contributed by atoms with van der Waals surface area (Å²) < 4.78 is 26.3. The van der Waals surface area contributed by atoms with Crippen LogP contribution in [0.1, 0.15) is 51.9 Å². The van der Waals surface area contributed by atoms with E-state index in [9.17, 15) is 18.3 Å². The molecule has 0 radical (unpaired) electrons. The molecule has 2 N–H and O–H groups in total.